The van der Waals surface area contributed by atoms with Gasteiger partial charge in [0.05, 0.1) is 11.6 Å². The number of aromatic nitrogens is 2. The molecule has 1 aromatic heterocycles. The van der Waals surface area contributed by atoms with Crippen LogP contribution in [-0.4, -0.2) is 23.2 Å². The molecule has 0 aliphatic heterocycles. The van der Waals surface area contributed by atoms with Gasteiger partial charge in [0.1, 0.15) is 30.5 Å². The van der Waals surface area contributed by atoms with E-state index in [0.29, 0.717) is 36.0 Å². The van der Waals surface area contributed by atoms with E-state index in [1.807, 2.05) is 12.1 Å². The van der Waals surface area contributed by atoms with Crippen LogP contribution < -0.4 is 14.2 Å². The standard InChI is InChI=1S/C19H15N3O3/c20-14-15-5-7-16(8-6-15)23-11-12-24-17-3-1-4-18(13-17)25-19-21-9-2-10-22-19/h1-10,13H,11-12H2. The lowest BCUT2D eigenvalue weighted by molar-refractivity contribution is 0.216. The second-order valence-corrected chi connectivity index (χ2v) is 4.94. The van der Waals surface area contributed by atoms with Crippen molar-refractivity contribution in [3.05, 3.63) is 72.6 Å². The predicted octanol–water partition coefficient (Wildman–Crippen LogP) is 3.60. The van der Waals surface area contributed by atoms with Crippen molar-refractivity contribution < 1.29 is 14.2 Å². The first kappa shape index (κ1) is 16.3. The summed E-state index contributed by atoms with van der Waals surface area (Å²) in [5.74, 6) is 1.95. The van der Waals surface area contributed by atoms with Crippen molar-refractivity contribution in [3.8, 4) is 29.3 Å². The van der Waals surface area contributed by atoms with Crippen LogP contribution in [0.5, 0.6) is 23.3 Å². The molecule has 25 heavy (non-hydrogen) atoms. The highest BCUT2D eigenvalue weighted by Gasteiger charge is 2.02. The Morgan fingerprint density at radius 2 is 1.48 bits per heavy atom. The molecule has 1 heterocycles. The molecule has 124 valence electrons. The van der Waals surface area contributed by atoms with E-state index in [1.165, 1.54) is 0 Å². The molecule has 0 radical (unpaired) electrons. The number of benzene rings is 2. The molecule has 0 aliphatic rings. The summed E-state index contributed by atoms with van der Waals surface area (Å²) in [5.41, 5.74) is 0.600. The summed E-state index contributed by atoms with van der Waals surface area (Å²) in [6, 6.07) is 18.2. The SMILES string of the molecule is N#Cc1ccc(OCCOc2cccc(Oc3ncccn3)c2)cc1. The Balaban J connectivity index is 1.48. The summed E-state index contributed by atoms with van der Waals surface area (Å²) in [4.78, 5) is 8.02. The van der Waals surface area contributed by atoms with E-state index >= 15 is 0 Å². The topological polar surface area (TPSA) is 77.3 Å². The fourth-order valence-corrected chi connectivity index (χ4v) is 2.02. The summed E-state index contributed by atoms with van der Waals surface area (Å²) in [5, 5.41) is 8.76. The first-order valence-corrected chi connectivity index (χ1v) is 7.64. The van der Waals surface area contributed by atoms with Gasteiger partial charge in [-0.25, -0.2) is 9.97 Å². The highest BCUT2D eigenvalue weighted by atomic mass is 16.5. The van der Waals surface area contributed by atoms with E-state index in [4.69, 9.17) is 19.5 Å². The second-order valence-electron chi connectivity index (χ2n) is 4.94. The average Bonchev–Trinajstić information content (AvgIpc) is 2.67. The Labute approximate surface area is 145 Å². The van der Waals surface area contributed by atoms with Crippen LogP contribution >= 0.6 is 0 Å². The summed E-state index contributed by atoms with van der Waals surface area (Å²) < 4.78 is 16.8. The third kappa shape index (κ3) is 4.94. The number of ether oxygens (including phenoxy) is 3. The van der Waals surface area contributed by atoms with Crippen molar-refractivity contribution >= 4 is 0 Å². The van der Waals surface area contributed by atoms with Crippen LogP contribution in [0.15, 0.2) is 67.0 Å². The van der Waals surface area contributed by atoms with Crippen LogP contribution in [0.25, 0.3) is 0 Å². The molecular formula is C19H15N3O3. The smallest absolute Gasteiger partial charge is 0.321 e. The number of hydrogen-bond acceptors (Lipinski definition) is 6. The molecule has 0 saturated heterocycles. The van der Waals surface area contributed by atoms with E-state index in [0.717, 1.165) is 0 Å². The van der Waals surface area contributed by atoms with Crippen LogP contribution in [0.4, 0.5) is 0 Å². The van der Waals surface area contributed by atoms with Crippen molar-refractivity contribution in [2.45, 2.75) is 0 Å². The summed E-state index contributed by atoms with van der Waals surface area (Å²) in [6.45, 7) is 0.768. The van der Waals surface area contributed by atoms with Gasteiger partial charge in [-0.1, -0.05) is 6.07 Å². The van der Waals surface area contributed by atoms with Gasteiger partial charge < -0.3 is 14.2 Å². The first-order chi connectivity index (χ1) is 12.3. The fourth-order valence-electron chi connectivity index (χ4n) is 2.02. The zero-order chi connectivity index (χ0) is 17.3. The molecule has 0 spiro atoms. The lowest BCUT2D eigenvalue weighted by Crippen LogP contribution is -2.09. The fraction of sp³-hybridized carbons (Fsp3) is 0.105. The van der Waals surface area contributed by atoms with Crippen LogP contribution in [0.1, 0.15) is 5.56 Å². The monoisotopic (exact) mass is 333 g/mol. The van der Waals surface area contributed by atoms with Crippen molar-refractivity contribution in [2.24, 2.45) is 0 Å². The van der Waals surface area contributed by atoms with Gasteiger partial charge in [-0.2, -0.15) is 5.26 Å². The third-order valence-corrected chi connectivity index (χ3v) is 3.16. The van der Waals surface area contributed by atoms with Gasteiger partial charge in [0.2, 0.25) is 0 Å². The maximum Gasteiger partial charge on any atom is 0.321 e. The Kier molecular flexibility index (Phi) is 5.41. The molecule has 3 rings (SSSR count). The molecular weight excluding hydrogens is 318 g/mol. The van der Waals surface area contributed by atoms with Crippen molar-refractivity contribution in [1.82, 2.24) is 9.97 Å². The molecule has 0 atom stereocenters. The van der Waals surface area contributed by atoms with E-state index in [-0.39, 0.29) is 6.01 Å². The van der Waals surface area contributed by atoms with E-state index in [9.17, 15) is 0 Å². The van der Waals surface area contributed by atoms with Crippen molar-refractivity contribution in [1.29, 1.82) is 5.26 Å². The molecule has 6 heteroatoms. The highest BCUT2D eigenvalue weighted by molar-refractivity contribution is 5.35. The summed E-state index contributed by atoms with van der Waals surface area (Å²) >= 11 is 0. The number of rotatable bonds is 7. The minimum absolute atomic E-state index is 0.281. The minimum atomic E-state index is 0.281. The van der Waals surface area contributed by atoms with E-state index < -0.39 is 0 Å². The molecule has 0 amide bonds. The van der Waals surface area contributed by atoms with Gasteiger partial charge >= 0.3 is 6.01 Å². The lowest BCUT2D eigenvalue weighted by Gasteiger charge is -2.09. The maximum atomic E-state index is 8.76. The lowest BCUT2D eigenvalue weighted by atomic mass is 10.2. The first-order valence-electron chi connectivity index (χ1n) is 7.64. The van der Waals surface area contributed by atoms with Gasteiger partial charge in [-0.05, 0) is 42.5 Å². The van der Waals surface area contributed by atoms with Gasteiger partial charge in [0, 0.05) is 18.5 Å². The van der Waals surface area contributed by atoms with Crippen molar-refractivity contribution in [2.75, 3.05) is 13.2 Å². The summed E-state index contributed by atoms with van der Waals surface area (Å²) in [6.07, 6.45) is 3.23. The Morgan fingerprint density at radius 3 is 2.20 bits per heavy atom. The zero-order valence-corrected chi connectivity index (χ0v) is 13.3. The average molecular weight is 333 g/mol. The van der Waals surface area contributed by atoms with Crippen LogP contribution in [0, 0.1) is 11.3 Å². The molecule has 6 nitrogen and oxygen atoms in total. The Hall–Kier alpha value is -3.59. The quantitative estimate of drug-likeness (QED) is 0.615. The van der Waals surface area contributed by atoms with Gasteiger partial charge in [0.25, 0.3) is 0 Å². The highest BCUT2D eigenvalue weighted by Crippen LogP contribution is 2.22. The second kappa shape index (κ2) is 8.31. The van der Waals surface area contributed by atoms with Crippen LogP contribution in [-0.2, 0) is 0 Å². The summed E-state index contributed by atoms with van der Waals surface area (Å²) in [7, 11) is 0. The molecule has 0 unspecified atom stereocenters. The van der Waals surface area contributed by atoms with Gasteiger partial charge in [-0.15, -0.1) is 0 Å². The molecule has 0 N–H and O–H groups in total. The van der Waals surface area contributed by atoms with E-state index in [2.05, 4.69) is 16.0 Å². The Morgan fingerprint density at radius 1 is 0.800 bits per heavy atom. The van der Waals surface area contributed by atoms with Crippen LogP contribution in [0.3, 0.4) is 0 Å². The van der Waals surface area contributed by atoms with Gasteiger partial charge in [0.15, 0.2) is 0 Å². The van der Waals surface area contributed by atoms with Crippen LogP contribution in [0.2, 0.25) is 0 Å². The number of nitriles is 1. The van der Waals surface area contributed by atoms with E-state index in [1.54, 1.807) is 54.9 Å². The third-order valence-electron chi connectivity index (χ3n) is 3.16. The molecule has 2 aromatic carbocycles. The van der Waals surface area contributed by atoms with Crippen molar-refractivity contribution in [3.63, 3.8) is 0 Å². The largest absolute Gasteiger partial charge is 0.490 e. The zero-order valence-electron chi connectivity index (χ0n) is 13.3. The maximum absolute atomic E-state index is 8.76. The molecule has 0 fully saturated rings. The molecule has 3 aromatic rings. The predicted molar refractivity (Wildman–Crippen MR) is 90.7 cm³/mol. The molecule has 0 bridgehead atoms. The normalized spacial score (nSPS) is 9.88. The Bertz CT molecular complexity index is 846. The van der Waals surface area contributed by atoms with Gasteiger partial charge in [-0.3, -0.25) is 0 Å². The molecule has 0 aliphatic carbocycles. The molecule has 0 saturated carbocycles. The minimum Gasteiger partial charge on any atom is -0.490 e. The number of hydrogen-bond donors (Lipinski definition) is 0. The number of nitrogens with zero attached hydrogens (tertiary/aromatic N) is 3.